The van der Waals surface area contributed by atoms with Gasteiger partial charge in [0.25, 0.3) is 5.69 Å². The van der Waals surface area contributed by atoms with Crippen LogP contribution >= 0.6 is 15.9 Å². The summed E-state index contributed by atoms with van der Waals surface area (Å²) in [7, 11) is 0. The zero-order valence-corrected chi connectivity index (χ0v) is 13.9. The van der Waals surface area contributed by atoms with Crippen molar-refractivity contribution in [3.63, 3.8) is 0 Å². The molecule has 122 valence electrons. The highest BCUT2D eigenvalue weighted by atomic mass is 79.9. The summed E-state index contributed by atoms with van der Waals surface area (Å²) in [6, 6.07) is 12.6. The van der Waals surface area contributed by atoms with Gasteiger partial charge >= 0.3 is 5.97 Å². The number of nitrogens with zero attached hydrogens (tertiary/aromatic N) is 1. The number of ether oxygens (including phenoxy) is 1. The highest BCUT2D eigenvalue weighted by Crippen LogP contribution is 2.19. The van der Waals surface area contributed by atoms with Crippen LogP contribution in [0.25, 0.3) is 6.08 Å². The minimum Gasteiger partial charge on any atom is -0.454 e. The normalized spacial score (nSPS) is 10.5. The Hall–Kier alpha value is -2.80. The second-order valence-electron chi connectivity index (χ2n) is 4.69. The summed E-state index contributed by atoms with van der Waals surface area (Å²) in [6.45, 7) is -0.401. The number of esters is 1. The van der Waals surface area contributed by atoms with Crippen LogP contribution in [0.3, 0.4) is 0 Å². The predicted molar refractivity (Wildman–Crippen MR) is 91.6 cm³/mol. The maximum atomic E-state index is 11.9. The predicted octanol–water partition coefficient (Wildman–Crippen LogP) is 3.80. The van der Waals surface area contributed by atoms with E-state index in [2.05, 4.69) is 15.9 Å². The van der Waals surface area contributed by atoms with Gasteiger partial charge in [-0.25, -0.2) is 4.79 Å². The molecular formula is C17H12BrNO5. The number of hydrogen-bond acceptors (Lipinski definition) is 5. The van der Waals surface area contributed by atoms with Crippen LogP contribution in [0.5, 0.6) is 0 Å². The molecule has 0 saturated carbocycles. The molecule has 2 aromatic carbocycles. The van der Waals surface area contributed by atoms with Gasteiger partial charge in [0, 0.05) is 22.2 Å². The van der Waals surface area contributed by atoms with E-state index in [0.29, 0.717) is 5.56 Å². The van der Waals surface area contributed by atoms with Crippen LogP contribution in [0.2, 0.25) is 0 Å². The molecule has 24 heavy (non-hydrogen) atoms. The number of rotatable bonds is 6. The van der Waals surface area contributed by atoms with Gasteiger partial charge in [-0.15, -0.1) is 0 Å². The molecule has 0 aliphatic carbocycles. The lowest BCUT2D eigenvalue weighted by Gasteiger charge is -2.02. The molecule has 0 aromatic heterocycles. The molecule has 6 nitrogen and oxygen atoms in total. The number of benzene rings is 2. The minimum absolute atomic E-state index is 0.118. The first-order valence-corrected chi connectivity index (χ1v) is 7.63. The van der Waals surface area contributed by atoms with Crippen molar-refractivity contribution in [1.82, 2.24) is 0 Å². The van der Waals surface area contributed by atoms with Crippen LogP contribution in [-0.4, -0.2) is 23.3 Å². The van der Waals surface area contributed by atoms with Crippen LogP contribution in [0.15, 0.2) is 59.1 Å². The Bertz CT molecular complexity index is 799. The van der Waals surface area contributed by atoms with Crippen LogP contribution in [-0.2, 0) is 9.53 Å². The summed E-state index contributed by atoms with van der Waals surface area (Å²) in [5.74, 6) is -1.09. The van der Waals surface area contributed by atoms with Crippen molar-refractivity contribution in [2.75, 3.05) is 6.61 Å². The fourth-order valence-corrected chi connectivity index (χ4v) is 2.12. The number of carbonyl (C=O) groups is 2. The minimum atomic E-state index is -0.751. The Kier molecular flexibility index (Phi) is 5.97. The fourth-order valence-electron chi connectivity index (χ4n) is 1.86. The maximum absolute atomic E-state index is 11.9. The largest absolute Gasteiger partial charge is 0.454 e. The number of nitro groups is 1. The van der Waals surface area contributed by atoms with Gasteiger partial charge in [-0.2, -0.15) is 0 Å². The van der Waals surface area contributed by atoms with Crippen molar-refractivity contribution in [2.45, 2.75) is 0 Å². The SMILES string of the molecule is O=C(C=Cc1ccccc1[N+](=O)[O-])OCC(=O)c1ccc(Br)cc1. The van der Waals surface area contributed by atoms with Gasteiger partial charge in [-0.1, -0.05) is 40.2 Å². The highest BCUT2D eigenvalue weighted by molar-refractivity contribution is 9.10. The summed E-state index contributed by atoms with van der Waals surface area (Å²) in [5, 5.41) is 10.9. The average Bonchev–Trinajstić information content (AvgIpc) is 2.58. The first-order valence-electron chi connectivity index (χ1n) is 6.84. The summed E-state index contributed by atoms with van der Waals surface area (Å²) in [6.07, 6.45) is 2.34. The lowest BCUT2D eigenvalue weighted by Crippen LogP contribution is -2.12. The second-order valence-corrected chi connectivity index (χ2v) is 5.60. The molecule has 0 radical (unpaired) electrons. The quantitative estimate of drug-likeness (QED) is 0.246. The standard InChI is InChI=1S/C17H12BrNO5/c18-14-8-5-13(6-9-14)16(20)11-24-17(21)10-7-12-3-1-2-4-15(12)19(22)23/h1-10H,11H2. The van der Waals surface area contributed by atoms with Crippen molar-refractivity contribution in [1.29, 1.82) is 0 Å². The van der Waals surface area contributed by atoms with Crippen LogP contribution in [0.4, 0.5) is 5.69 Å². The van der Waals surface area contributed by atoms with E-state index in [9.17, 15) is 19.7 Å². The summed E-state index contributed by atoms with van der Waals surface area (Å²) in [4.78, 5) is 33.9. The van der Waals surface area contributed by atoms with E-state index in [1.807, 2.05) is 0 Å². The van der Waals surface area contributed by atoms with E-state index in [-0.39, 0.29) is 17.0 Å². The molecule has 2 rings (SSSR count). The molecule has 0 aliphatic rings. The summed E-state index contributed by atoms with van der Waals surface area (Å²) < 4.78 is 5.69. The number of Topliss-reactive ketones (excluding diaryl/α,β-unsaturated/α-hetero) is 1. The first kappa shape index (κ1) is 17.6. The molecule has 0 heterocycles. The van der Waals surface area contributed by atoms with Gasteiger partial charge in [0.2, 0.25) is 0 Å². The summed E-state index contributed by atoms with van der Waals surface area (Å²) >= 11 is 3.26. The molecule has 0 amide bonds. The number of carbonyl (C=O) groups excluding carboxylic acids is 2. The number of hydrogen-bond donors (Lipinski definition) is 0. The molecule has 2 aromatic rings. The van der Waals surface area contributed by atoms with Gasteiger partial charge in [0.05, 0.1) is 10.5 Å². The van der Waals surface area contributed by atoms with Crippen molar-refractivity contribution in [2.24, 2.45) is 0 Å². The topological polar surface area (TPSA) is 86.5 Å². The Morgan fingerprint density at radius 3 is 2.46 bits per heavy atom. The second kappa shape index (κ2) is 8.16. The van der Waals surface area contributed by atoms with Gasteiger partial charge < -0.3 is 4.74 Å². The molecule has 0 unspecified atom stereocenters. The number of ketones is 1. The van der Waals surface area contributed by atoms with E-state index < -0.39 is 17.5 Å². The summed E-state index contributed by atoms with van der Waals surface area (Å²) in [5.41, 5.74) is 0.583. The molecule has 0 spiro atoms. The molecule has 0 saturated heterocycles. The molecule has 0 atom stereocenters. The molecule has 0 fully saturated rings. The van der Waals surface area contributed by atoms with Crippen molar-refractivity contribution < 1.29 is 19.2 Å². The third kappa shape index (κ3) is 4.85. The van der Waals surface area contributed by atoms with Crippen LogP contribution in [0, 0.1) is 10.1 Å². The average molecular weight is 390 g/mol. The monoisotopic (exact) mass is 389 g/mol. The number of nitro benzene ring substituents is 1. The Balaban J connectivity index is 1.95. The third-order valence-electron chi connectivity index (χ3n) is 3.04. The van der Waals surface area contributed by atoms with E-state index >= 15 is 0 Å². The smallest absolute Gasteiger partial charge is 0.331 e. The lowest BCUT2D eigenvalue weighted by atomic mass is 10.1. The first-order chi connectivity index (χ1) is 11.5. The van der Waals surface area contributed by atoms with Crippen molar-refractivity contribution >= 4 is 39.4 Å². The molecule has 0 N–H and O–H groups in total. The van der Waals surface area contributed by atoms with Crippen LogP contribution < -0.4 is 0 Å². The van der Waals surface area contributed by atoms with Gasteiger partial charge in [0.15, 0.2) is 12.4 Å². The van der Waals surface area contributed by atoms with Crippen LogP contribution in [0.1, 0.15) is 15.9 Å². The highest BCUT2D eigenvalue weighted by Gasteiger charge is 2.11. The van der Waals surface area contributed by atoms with E-state index in [1.54, 1.807) is 30.3 Å². The van der Waals surface area contributed by atoms with Gasteiger partial charge in [-0.3, -0.25) is 14.9 Å². The molecule has 0 bridgehead atoms. The Morgan fingerprint density at radius 2 is 1.79 bits per heavy atom. The fraction of sp³-hybridized carbons (Fsp3) is 0.0588. The van der Waals surface area contributed by atoms with E-state index in [4.69, 9.17) is 4.74 Å². The van der Waals surface area contributed by atoms with Crippen molar-refractivity contribution in [3.8, 4) is 0 Å². The lowest BCUT2D eigenvalue weighted by molar-refractivity contribution is -0.385. The molecule has 7 heteroatoms. The zero-order valence-electron chi connectivity index (χ0n) is 12.3. The van der Waals surface area contributed by atoms with Gasteiger partial charge in [-0.05, 0) is 24.3 Å². The number of halogens is 1. The van der Waals surface area contributed by atoms with Crippen molar-refractivity contribution in [3.05, 3.63) is 80.3 Å². The molecule has 0 aliphatic heterocycles. The maximum Gasteiger partial charge on any atom is 0.331 e. The Morgan fingerprint density at radius 1 is 1.12 bits per heavy atom. The Labute approximate surface area is 146 Å². The number of para-hydroxylation sites is 1. The van der Waals surface area contributed by atoms with Gasteiger partial charge in [0.1, 0.15) is 0 Å². The third-order valence-corrected chi connectivity index (χ3v) is 3.57. The molecular weight excluding hydrogens is 378 g/mol. The zero-order chi connectivity index (χ0) is 17.5. The van der Waals surface area contributed by atoms with E-state index in [0.717, 1.165) is 10.5 Å². The van der Waals surface area contributed by atoms with E-state index in [1.165, 1.54) is 24.3 Å².